The van der Waals surface area contributed by atoms with Gasteiger partial charge >= 0.3 is 0 Å². The Labute approximate surface area is 107 Å². The molecule has 2 N–H and O–H groups in total. The van der Waals surface area contributed by atoms with Crippen LogP contribution in [0.4, 0.5) is 11.4 Å². The molecule has 0 radical (unpaired) electrons. The van der Waals surface area contributed by atoms with E-state index in [0.29, 0.717) is 37.6 Å². The van der Waals surface area contributed by atoms with Crippen LogP contribution in [0.1, 0.15) is 10.4 Å². The smallest absolute Gasteiger partial charge is 0.254 e. The molecule has 98 valence electrons. The summed E-state index contributed by atoms with van der Waals surface area (Å²) in [7, 11) is 3.85. The second kappa shape index (κ2) is 5.27. The number of nitrogens with zero attached hydrogens (tertiary/aromatic N) is 2. The number of anilines is 2. The molecule has 1 aliphatic heterocycles. The minimum Gasteiger partial charge on any atom is -0.397 e. The highest BCUT2D eigenvalue weighted by Crippen LogP contribution is 2.23. The van der Waals surface area contributed by atoms with Gasteiger partial charge in [-0.05, 0) is 18.2 Å². The first-order valence-corrected chi connectivity index (χ1v) is 6.03. The van der Waals surface area contributed by atoms with Crippen molar-refractivity contribution in [1.82, 2.24) is 4.90 Å². The molecule has 1 aromatic rings. The molecular formula is C13H19N3O2. The third-order valence-corrected chi connectivity index (χ3v) is 3.05. The number of carbonyl (C=O) groups is 1. The molecule has 1 amide bonds. The first kappa shape index (κ1) is 12.7. The standard InChI is InChI=1S/C13H19N3O2/c1-15(2)12-4-3-10(9-11(12)14)13(17)16-5-7-18-8-6-16/h3-4,9H,5-8,14H2,1-2H3. The van der Waals surface area contributed by atoms with E-state index in [1.165, 1.54) is 0 Å². The maximum atomic E-state index is 12.2. The van der Waals surface area contributed by atoms with Crippen LogP contribution >= 0.6 is 0 Å². The van der Waals surface area contributed by atoms with Gasteiger partial charge in [-0.25, -0.2) is 0 Å². The summed E-state index contributed by atoms with van der Waals surface area (Å²) in [6, 6.07) is 5.44. The van der Waals surface area contributed by atoms with Crippen LogP contribution in [0, 0.1) is 0 Å². The van der Waals surface area contributed by atoms with Gasteiger partial charge in [0.05, 0.1) is 24.6 Å². The van der Waals surface area contributed by atoms with E-state index >= 15 is 0 Å². The zero-order chi connectivity index (χ0) is 13.1. The monoisotopic (exact) mass is 249 g/mol. The Morgan fingerprint density at radius 1 is 1.33 bits per heavy atom. The van der Waals surface area contributed by atoms with Crippen LogP contribution in [0.15, 0.2) is 18.2 Å². The average molecular weight is 249 g/mol. The maximum Gasteiger partial charge on any atom is 0.254 e. The van der Waals surface area contributed by atoms with E-state index in [4.69, 9.17) is 10.5 Å². The number of amides is 1. The molecule has 5 nitrogen and oxygen atoms in total. The van der Waals surface area contributed by atoms with E-state index in [1.54, 1.807) is 11.0 Å². The second-order valence-electron chi connectivity index (χ2n) is 4.57. The second-order valence-corrected chi connectivity index (χ2v) is 4.57. The summed E-state index contributed by atoms with van der Waals surface area (Å²) in [4.78, 5) is 16.0. The summed E-state index contributed by atoms with van der Waals surface area (Å²) in [5.74, 6) is 0.0234. The van der Waals surface area contributed by atoms with Crippen molar-refractivity contribution in [2.75, 3.05) is 51.0 Å². The van der Waals surface area contributed by atoms with Gasteiger partial charge in [0, 0.05) is 32.7 Å². The van der Waals surface area contributed by atoms with Crippen molar-refractivity contribution < 1.29 is 9.53 Å². The molecule has 18 heavy (non-hydrogen) atoms. The van der Waals surface area contributed by atoms with Crippen molar-refractivity contribution >= 4 is 17.3 Å². The first-order chi connectivity index (χ1) is 8.59. The van der Waals surface area contributed by atoms with Gasteiger partial charge in [0.2, 0.25) is 0 Å². The third-order valence-electron chi connectivity index (χ3n) is 3.05. The molecule has 0 aliphatic carbocycles. The van der Waals surface area contributed by atoms with Crippen molar-refractivity contribution in [2.45, 2.75) is 0 Å². The average Bonchev–Trinajstić information content (AvgIpc) is 2.38. The highest BCUT2D eigenvalue weighted by molar-refractivity contribution is 5.96. The summed E-state index contributed by atoms with van der Waals surface area (Å²) in [5.41, 5.74) is 8.14. The largest absolute Gasteiger partial charge is 0.397 e. The van der Waals surface area contributed by atoms with E-state index in [2.05, 4.69) is 0 Å². The molecule has 1 heterocycles. The lowest BCUT2D eigenvalue weighted by atomic mass is 10.1. The zero-order valence-corrected chi connectivity index (χ0v) is 10.8. The Balaban J connectivity index is 2.18. The van der Waals surface area contributed by atoms with Gasteiger partial charge in [-0.3, -0.25) is 4.79 Å². The molecule has 0 bridgehead atoms. The molecule has 5 heteroatoms. The van der Waals surface area contributed by atoms with Gasteiger partial charge in [0.15, 0.2) is 0 Å². The van der Waals surface area contributed by atoms with Gasteiger partial charge in [0.25, 0.3) is 5.91 Å². The van der Waals surface area contributed by atoms with Gasteiger partial charge in [-0.15, -0.1) is 0 Å². The quantitative estimate of drug-likeness (QED) is 0.788. The molecule has 0 atom stereocenters. The molecule has 1 saturated heterocycles. The lowest BCUT2D eigenvalue weighted by Crippen LogP contribution is -2.40. The van der Waals surface area contributed by atoms with Gasteiger partial charge in [0.1, 0.15) is 0 Å². The summed E-state index contributed by atoms with van der Waals surface area (Å²) in [6.07, 6.45) is 0. The topological polar surface area (TPSA) is 58.8 Å². The fourth-order valence-corrected chi connectivity index (χ4v) is 2.04. The SMILES string of the molecule is CN(C)c1ccc(C(=O)N2CCOCC2)cc1N. The number of carbonyl (C=O) groups excluding carboxylic acids is 1. The van der Waals surface area contributed by atoms with Gasteiger partial charge < -0.3 is 20.3 Å². The van der Waals surface area contributed by atoms with Crippen molar-refractivity contribution in [1.29, 1.82) is 0 Å². The van der Waals surface area contributed by atoms with E-state index in [-0.39, 0.29) is 5.91 Å². The molecule has 1 fully saturated rings. The summed E-state index contributed by atoms with van der Waals surface area (Å²) >= 11 is 0. The number of hydrogen-bond donors (Lipinski definition) is 1. The fraction of sp³-hybridized carbons (Fsp3) is 0.462. The molecule has 0 spiro atoms. The van der Waals surface area contributed by atoms with E-state index in [0.717, 1.165) is 5.69 Å². The Hall–Kier alpha value is -1.75. The Kier molecular flexibility index (Phi) is 3.72. The number of benzene rings is 1. The first-order valence-electron chi connectivity index (χ1n) is 6.03. The Morgan fingerprint density at radius 2 is 2.00 bits per heavy atom. The highest BCUT2D eigenvalue weighted by Gasteiger charge is 2.19. The maximum absolute atomic E-state index is 12.2. The third kappa shape index (κ3) is 2.56. The van der Waals surface area contributed by atoms with Crippen LogP contribution in [-0.2, 0) is 4.74 Å². The molecule has 0 aromatic heterocycles. The predicted molar refractivity (Wildman–Crippen MR) is 71.9 cm³/mol. The number of nitrogens with two attached hydrogens (primary N) is 1. The number of nitrogen functional groups attached to an aromatic ring is 1. The lowest BCUT2D eigenvalue weighted by Gasteiger charge is -2.27. The lowest BCUT2D eigenvalue weighted by molar-refractivity contribution is 0.0303. The number of hydrogen-bond acceptors (Lipinski definition) is 4. The minimum atomic E-state index is 0.0234. The van der Waals surface area contributed by atoms with E-state index in [1.807, 2.05) is 31.1 Å². The van der Waals surface area contributed by atoms with Crippen molar-refractivity contribution in [3.8, 4) is 0 Å². The molecule has 1 aromatic carbocycles. The Morgan fingerprint density at radius 3 is 2.56 bits per heavy atom. The number of ether oxygens (including phenoxy) is 1. The molecule has 2 rings (SSSR count). The van der Waals surface area contributed by atoms with Crippen LogP contribution in [0.25, 0.3) is 0 Å². The van der Waals surface area contributed by atoms with Crippen LogP contribution in [0.2, 0.25) is 0 Å². The fourth-order valence-electron chi connectivity index (χ4n) is 2.04. The van der Waals surface area contributed by atoms with Crippen molar-refractivity contribution in [3.05, 3.63) is 23.8 Å². The molecule has 0 unspecified atom stereocenters. The number of morpholine rings is 1. The Bertz CT molecular complexity index is 440. The minimum absolute atomic E-state index is 0.0234. The number of rotatable bonds is 2. The highest BCUT2D eigenvalue weighted by atomic mass is 16.5. The summed E-state index contributed by atoms with van der Waals surface area (Å²) < 4.78 is 5.23. The molecule has 0 saturated carbocycles. The van der Waals surface area contributed by atoms with Crippen LogP contribution in [-0.4, -0.2) is 51.2 Å². The van der Waals surface area contributed by atoms with Crippen molar-refractivity contribution in [2.24, 2.45) is 0 Å². The normalized spacial score (nSPS) is 15.6. The van der Waals surface area contributed by atoms with Crippen LogP contribution in [0.3, 0.4) is 0 Å². The predicted octanol–water partition coefficient (Wildman–Crippen LogP) is 0.807. The van der Waals surface area contributed by atoms with Crippen LogP contribution < -0.4 is 10.6 Å². The van der Waals surface area contributed by atoms with Crippen molar-refractivity contribution in [3.63, 3.8) is 0 Å². The van der Waals surface area contributed by atoms with Crippen LogP contribution in [0.5, 0.6) is 0 Å². The van der Waals surface area contributed by atoms with E-state index in [9.17, 15) is 4.79 Å². The zero-order valence-electron chi connectivity index (χ0n) is 10.8. The summed E-state index contributed by atoms with van der Waals surface area (Å²) in [5, 5.41) is 0. The van der Waals surface area contributed by atoms with E-state index < -0.39 is 0 Å². The molecular weight excluding hydrogens is 230 g/mol. The van der Waals surface area contributed by atoms with Gasteiger partial charge in [-0.2, -0.15) is 0 Å². The van der Waals surface area contributed by atoms with Gasteiger partial charge in [-0.1, -0.05) is 0 Å². The summed E-state index contributed by atoms with van der Waals surface area (Å²) in [6.45, 7) is 2.51. The molecule has 1 aliphatic rings.